The number of nitrogens with two attached hydrogens (primary N) is 1. The topological polar surface area (TPSA) is 63.4 Å². The fourth-order valence-electron chi connectivity index (χ4n) is 2.87. The number of hydrogen-bond acceptors (Lipinski definition) is 3. The third kappa shape index (κ3) is 3.20. The lowest BCUT2D eigenvalue weighted by Gasteiger charge is -2.27. The highest BCUT2D eigenvalue weighted by Gasteiger charge is 2.30. The van der Waals surface area contributed by atoms with Crippen molar-refractivity contribution in [3.63, 3.8) is 0 Å². The molecule has 1 aliphatic rings. The van der Waals surface area contributed by atoms with E-state index in [0.717, 1.165) is 12.8 Å². The Morgan fingerprint density at radius 3 is 2.80 bits per heavy atom. The summed E-state index contributed by atoms with van der Waals surface area (Å²) in [6, 6.07) is 3.84. The number of aryl methyl sites for hydroxylation is 1. The Morgan fingerprint density at radius 1 is 1.50 bits per heavy atom. The van der Waals surface area contributed by atoms with Crippen LogP contribution >= 0.6 is 11.3 Å². The number of rotatable bonds is 4. The molecule has 2 heterocycles. The van der Waals surface area contributed by atoms with Gasteiger partial charge in [0.15, 0.2) is 0 Å². The van der Waals surface area contributed by atoms with Crippen LogP contribution in [-0.4, -0.2) is 29.3 Å². The smallest absolute Gasteiger partial charge is 0.240 e. The normalized spacial score (nSPS) is 21.6. The van der Waals surface area contributed by atoms with E-state index in [4.69, 9.17) is 5.73 Å². The Balaban J connectivity index is 2.10. The van der Waals surface area contributed by atoms with E-state index in [2.05, 4.69) is 19.1 Å². The van der Waals surface area contributed by atoms with Gasteiger partial charge in [0.2, 0.25) is 11.8 Å². The molecule has 0 radical (unpaired) electrons. The van der Waals surface area contributed by atoms with Gasteiger partial charge < -0.3 is 10.6 Å². The van der Waals surface area contributed by atoms with E-state index in [1.807, 2.05) is 6.92 Å². The fraction of sp³-hybridized carbons (Fsp3) is 0.600. The first-order valence-corrected chi connectivity index (χ1v) is 7.99. The number of carbonyl (C=O) groups is 2. The number of likely N-dealkylation sites (tertiary alicyclic amines) is 1. The van der Waals surface area contributed by atoms with Crippen LogP contribution in [0, 0.1) is 6.92 Å². The van der Waals surface area contributed by atoms with Gasteiger partial charge in [0.1, 0.15) is 6.04 Å². The van der Waals surface area contributed by atoms with Crippen LogP contribution in [0.4, 0.5) is 0 Å². The summed E-state index contributed by atoms with van der Waals surface area (Å²) in [5.74, 6) is 0.0886. The Hall–Kier alpha value is -1.36. The molecule has 4 nitrogen and oxygen atoms in total. The highest BCUT2D eigenvalue weighted by Crippen LogP contribution is 2.33. The van der Waals surface area contributed by atoms with Gasteiger partial charge in [-0.25, -0.2) is 0 Å². The Kier molecular flexibility index (Phi) is 4.81. The Morgan fingerprint density at radius 2 is 2.25 bits per heavy atom. The fourth-order valence-corrected chi connectivity index (χ4v) is 3.91. The van der Waals surface area contributed by atoms with E-state index in [1.54, 1.807) is 16.2 Å². The van der Waals surface area contributed by atoms with Gasteiger partial charge in [0, 0.05) is 22.7 Å². The van der Waals surface area contributed by atoms with Crippen LogP contribution in [0.1, 0.15) is 48.3 Å². The van der Waals surface area contributed by atoms with Crippen molar-refractivity contribution < 1.29 is 9.59 Å². The molecule has 2 unspecified atom stereocenters. The zero-order valence-electron chi connectivity index (χ0n) is 12.1. The van der Waals surface area contributed by atoms with Crippen molar-refractivity contribution in [2.75, 3.05) is 6.54 Å². The summed E-state index contributed by atoms with van der Waals surface area (Å²) in [5.41, 5.74) is 5.41. The van der Waals surface area contributed by atoms with Gasteiger partial charge in [-0.2, -0.15) is 0 Å². The lowest BCUT2D eigenvalue weighted by molar-refractivity contribution is -0.139. The van der Waals surface area contributed by atoms with Crippen LogP contribution < -0.4 is 5.73 Å². The van der Waals surface area contributed by atoms with Crippen LogP contribution in [-0.2, 0) is 9.59 Å². The highest BCUT2D eigenvalue weighted by atomic mass is 32.1. The predicted molar refractivity (Wildman–Crippen MR) is 80.6 cm³/mol. The maximum Gasteiger partial charge on any atom is 0.240 e. The molecule has 1 aliphatic heterocycles. The molecular formula is C15H22N2O2S. The Labute approximate surface area is 124 Å². The molecule has 2 amide bonds. The number of carbonyl (C=O) groups excluding carboxylic acids is 2. The van der Waals surface area contributed by atoms with Crippen molar-refractivity contribution in [3.05, 3.63) is 21.9 Å². The minimum atomic E-state index is -0.452. The maximum absolute atomic E-state index is 12.2. The zero-order valence-corrected chi connectivity index (χ0v) is 12.9. The molecule has 0 aliphatic carbocycles. The van der Waals surface area contributed by atoms with E-state index in [1.165, 1.54) is 9.75 Å². The molecular weight excluding hydrogens is 272 g/mol. The standard InChI is InChI=1S/C15H22N2O2S/c1-3-12(15(16)19)17-9-8-11(5-7-14(17)18)13-6-4-10(2)20-13/h4,6,11-12H,3,5,7-9H2,1-2H3,(H2,16,19). The molecule has 2 atom stereocenters. The lowest BCUT2D eigenvalue weighted by atomic mass is 9.99. The summed E-state index contributed by atoms with van der Waals surface area (Å²) >= 11 is 1.80. The number of primary amides is 1. The van der Waals surface area contributed by atoms with Gasteiger partial charge in [-0.1, -0.05) is 6.92 Å². The van der Waals surface area contributed by atoms with Gasteiger partial charge in [0.05, 0.1) is 0 Å². The Bertz CT molecular complexity index is 498. The first-order valence-electron chi connectivity index (χ1n) is 7.18. The van der Waals surface area contributed by atoms with E-state index in [0.29, 0.717) is 25.3 Å². The first-order chi connectivity index (χ1) is 9.52. The number of amides is 2. The maximum atomic E-state index is 12.2. The highest BCUT2D eigenvalue weighted by molar-refractivity contribution is 7.12. The van der Waals surface area contributed by atoms with Crippen LogP contribution in [0.5, 0.6) is 0 Å². The number of thiophene rings is 1. The molecule has 2 rings (SSSR count). The van der Waals surface area contributed by atoms with Crippen molar-refractivity contribution in [1.29, 1.82) is 0 Å². The van der Waals surface area contributed by atoms with Crippen molar-refractivity contribution >= 4 is 23.2 Å². The summed E-state index contributed by atoms with van der Waals surface area (Å²) < 4.78 is 0. The van der Waals surface area contributed by atoms with Crippen LogP contribution in [0.3, 0.4) is 0 Å². The SMILES string of the molecule is CCC(C(N)=O)N1CCC(c2ccc(C)s2)CCC1=O. The summed E-state index contributed by atoms with van der Waals surface area (Å²) in [7, 11) is 0. The summed E-state index contributed by atoms with van der Waals surface area (Å²) in [5, 5.41) is 0. The van der Waals surface area contributed by atoms with Gasteiger partial charge in [-0.05, 0) is 44.2 Å². The van der Waals surface area contributed by atoms with E-state index < -0.39 is 11.9 Å². The zero-order chi connectivity index (χ0) is 14.7. The minimum Gasteiger partial charge on any atom is -0.368 e. The van der Waals surface area contributed by atoms with Crippen LogP contribution in [0.2, 0.25) is 0 Å². The van der Waals surface area contributed by atoms with Crippen molar-refractivity contribution in [1.82, 2.24) is 4.90 Å². The van der Waals surface area contributed by atoms with Gasteiger partial charge in [-0.3, -0.25) is 9.59 Å². The quantitative estimate of drug-likeness (QED) is 0.927. The largest absolute Gasteiger partial charge is 0.368 e. The van der Waals surface area contributed by atoms with Crippen molar-refractivity contribution in [2.24, 2.45) is 5.73 Å². The lowest BCUT2D eigenvalue weighted by Crippen LogP contribution is -2.47. The minimum absolute atomic E-state index is 0.0615. The second-order valence-electron chi connectivity index (χ2n) is 5.39. The molecule has 20 heavy (non-hydrogen) atoms. The van der Waals surface area contributed by atoms with Crippen LogP contribution in [0.25, 0.3) is 0 Å². The third-order valence-electron chi connectivity index (χ3n) is 4.00. The second kappa shape index (κ2) is 6.39. The van der Waals surface area contributed by atoms with Gasteiger partial charge in [-0.15, -0.1) is 11.3 Å². The molecule has 1 fully saturated rings. The molecule has 0 saturated carbocycles. The van der Waals surface area contributed by atoms with Crippen molar-refractivity contribution in [2.45, 2.75) is 51.5 Å². The molecule has 1 aromatic heterocycles. The molecule has 0 bridgehead atoms. The average molecular weight is 294 g/mol. The summed E-state index contributed by atoms with van der Waals surface area (Å²) in [6.45, 7) is 4.62. The average Bonchev–Trinajstić information content (AvgIpc) is 2.74. The third-order valence-corrected chi connectivity index (χ3v) is 5.16. The molecule has 110 valence electrons. The van der Waals surface area contributed by atoms with Gasteiger partial charge in [0.25, 0.3) is 0 Å². The molecule has 1 aromatic rings. The monoisotopic (exact) mass is 294 g/mol. The number of hydrogen-bond donors (Lipinski definition) is 1. The van der Waals surface area contributed by atoms with Crippen LogP contribution in [0.15, 0.2) is 12.1 Å². The van der Waals surface area contributed by atoms with E-state index >= 15 is 0 Å². The summed E-state index contributed by atoms with van der Waals surface area (Å²) in [4.78, 5) is 28.0. The summed E-state index contributed by atoms with van der Waals surface area (Å²) in [6.07, 6.45) is 2.87. The van der Waals surface area contributed by atoms with Gasteiger partial charge >= 0.3 is 0 Å². The second-order valence-corrected chi connectivity index (χ2v) is 6.71. The molecule has 0 aromatic carbocycles. The number of nitrogens with zero attached hydrogens (tertiary/aromatic N) is 1. The van der Waals surface area contributed by atoms with E-state index in [9.17, 15) is 9.59 Å². The first kappa shape index (κ1) is 15.0. The predicted octanol–water partition coefficient (Wildman–Crippen LogP) is 2.42. The van der Waals surface area contributed by atoms with E-state index in [-0.39, 0.29) is 5.91 Å². The molecule has 1 saturated heterocycles. The molecule has 2 N–H and O–H groups in total. The van der Waals surface area contributed by atoms with Crippen molar-refractivity contribution in [3.8, 4) is 0 Å². The molecule has 5 heteroatoms. The molecule has 0 spiro atoms.